The van der Waals surface area contributed by atoms with E-state index in [4.69, 9.17) is 5.73 Å². The fraction of sp³-hybridized carbons (Fsp3) is 0.412. The Kier molecular flexibility index (Phi) is 4.94. The van der Waals surface area contributed by atoms with Crippen molar-refractivity contribution >= 4 is 10.8 Å². The standard InChI is InChI=1S/C17H24N2/c1-14(12-18)13-19(2)10-9-15-7-8-16-5-3-4-6-17(16)11-15/h3-8,11,14H,9-10,12-13,18H2,1-2H3. The fourth-order valence-electron chi connectivity index (χ4n) is 2.41. The molecular formula is C17H24N2. The van der Waals surface area contributed by atoms with Crippen LogP contribution < -0.4 is 5.73 Å². The Morgan fingerprint density at radius 1 is 1.11 bits per heavy atom. The van der Waals surface area contributed by atoms with Crippen LogP contribution in [0.15, 0.2) is 42.5 Å². The van der Waals surface area contributed by atoms with Crippen molar-refractivity contribution in [1.82, 2.24) is 4.90 Å². The minimum Gasteiger partial charge on any atom is -0.330 e. The van der Waals surface area contributed by atoms with Gasteiger partial charge in [-0.25, -0.2) is 0 Å². The first-order chi connectivity index (χ1) is 9.19. The van der Waals surface area contributed by atoms with Crippen LogP contribution in [-0.4, -0.2) is 31.6 Å². The molecule has 102 valence electrons. The average Bonchev–Trinajstić information content (AvgIpc) is 2.44. The summed E-state index contributed by atoms with van der Waals surface area (Å²) >= 11 is 0. The lowest BCUT2D eigenvalue weighted by Gasteiger charge is -2.20. The molecule has 1 unspecified atom stereocenters. The Morgan fingerprint density at radius 3 is 2.58 bits per heavy atom. The molecule has 2 heteroatoms. The van der Waals surface area contributed by atoms with Gasteiger partial charge in [0.2, 0.25) is 0 Å². The van der Waals surface area contributed by atoms with E-state index in [1.54, 1.807) is 0 Å². The van der Waals surface area contributed by atoms with Crippen molar-refractivity contribution in [3.8, 4) is 0 Å². The smallest absolute Gasteiger partial charge is 0.00189 e. The zero-order valence-electron chi connectivity index (χ0n) is 12.0. The zero-order chi connectivity index (χ0) is 13.7. The molecule has 1 atom stereocenters. The summed E-state index contributed by atoms with van der Waals surface area (Å²) in [5, 5.41) is 2.65. The van der Waals surface area contributed by atoms with E-state index in [0.717, 1.165) is 26.1 Å². The van der Waals surface area contributed by atoms with E-state index in [1.165, 1.54) is 16.3 Å². The third kappa shape index (κ3) is 4.05. The van der Waals surface area contributed by atoms with Gasteiger partial charge in [0, 0.05) is 13.1 Å². The average molecular weight is 256 g/mol. The van der Waals surface area contributed by atoms with Crippen molar-refractivity contribution in [1.29, 1.82) is 0 Å². The summed E-state index contributed by atoms with van der Waals surface area (Å²) in [6.07, 6.45) is 1.10. The van der Waals surface area contributed by atoms with Gasteiger partial charge >= 0.3 is 0 Å². The van der Waals surface area contributed by atoms with Gasteiger partial charge in [-0.05, 0) is 42.3 Å². The van der Waals surface area contributed by atoms with Gasteiger partial charge in [0.05, 0.1) is 0 Å². The molecule has 0 fully saturated rings. The van der Waals surface area contributed by atoms with Crippen LogP contribution in [0.3, 0.4) is 0 Å². The summed E-state index contributed by atoms with van der Waals surface area (Å²) in [7, 11) is 2.17. The predicted octanol–water partition coefficient (Wildman–Crippen LogP) is 2.91. The van der Waals surface area contributed by atoms with E-state index in [-0.39, 0.29) is 0 Å². The van der Waals surface area contributed by atoms with Gasteiger partial charge in [-0.3, -0.25) is 0 Å². The number of rotatable bonds is 6. The zero-order valence-corrected chi connectivity index (χ0v) is 12.0. The molecule has 0 aromatic heterocycles. The monoisotopic (exact) mass is 256 g/mol. The van der Waals surface area contributed by atoms with Crippen LogP contribution in [0, 0.1) is 5.92 Å². The molecule has 0 heterocycles. The summed E-state index contributed by atoms with van der Waals surface area (Å²) in [5.41, 5.74) is 7.07. The van der Waals surface area contributed by atoms with Gasteiger partial charge in [-0.1, -0.05) is 49.4 Å². The van der Waals surface area contributed by atoms with Crippen LogP contribution in [0.4, 0.5) is 0 Å². The van der Waals surface area contributed by atoms with Gasteiger partial charge in [-0.15, -0.1) is 0 Å². The maximum atomic E-state index is 5.66. The lowest BCUT2D eigenvalue weighted by atomic mass is 10.0. The second-order valence-electron chi connectivity index (χ2n) is 5.53. The van der Waals surface area contributed by atoms with Crippen LogP contribution in [0.25, 0.3) is 10.8 Å². The quantitative estimate of drug-likeness (QED) is 0.861. The molecule has 0 radical (unpaired) electrons. The molecule has 0 amide bonds. The minimum atomic E-state index is 0.571. The first-order valence-electron chi connectivity index (χ1n) is 7.05. The largest absolute Gasteiger partial charge is 0.330 e. The Balaban J connectivity index is 1.94. The summed E-state index contributed by atoms with van der Waals surface area (Å²) in [4.78, 5) is 2.37. The molecule has 0 aliphatic rings. The third-order valence-electron chi connectivity index (χ3n) is 3.62. The van der Waals surface area contributed by atoms with Crippen LogP contribution >= 0.6 is 0 Å². The molecule has 19 heavy (non-hydrogen) atoms. The maximum absolute atomic E-state index is 5.66. The Labute approximate surface area is 116 Å². The second kappa shape index (κ2) is 6.69. The topological polar surface area (TPSA) is 29.3 Å². The lowest BCUT2D eigenvalue weighted by Crippen LogP contribution is -2.29. The first kappa shape index (κ1) is 14.0. The second-order valence-corrected chi connectivity index (χ2v) is 5.53. The highest BCUT2D eigenvalue weighted by atomic mass is 15.1. The molecule has 2 N–H and O–H groups in total. The molecule has 0 bridgehead atoms. The molecule has 0 saturated carbocycles. The van der Waals surface area contributed by atoms with E-state index in [9.17, 15) is 0 Å². The van der Waals surface area contributed by atoms with Crippen molar-refractivity contribution < 1.29 is 0 Å². The van der Waals surface area contributed by atoms with Crippen molar-refractivity contribution in [2.75, 3.05) is 26.7 Å². The van der Waals surface area contributed by atoms with Crippen LogP contribution in [0.1, 0.15) is 12.5 Å². The van der Waals surface area contributed by atoms with Gasteiger partial charge < -0.3 is 10.6 Å². The molecular weight excluding hydrogens is 232 g/mol. The molecule has 0 aliphatic carbocycles. The van der Waals surface area contributed by atoms with Gasteiger partial charge in [0.15, 0.2) is 0 Å². The van der Waals surface area contributed by atoms with Crippen molar-refractivity contribution in [2.24, 2.45) is 11.7 Å². The minimum absolute atomic E-state index is 0.571. The molecule has 2 aromatic rings. The first-order valence-corrected chi connectivity index (χ1v) is 7.05. The highest BCUT2D eigenvalue weighted by Gasteiger charge is 2.05. The maximum Gasteiger partial charge on any atom is 0.00189 e. The molecule has 2 aromatic carbocycles. The number of hydrogen-bond donors (Lipinski definition) is 1. The van der Waals surface area contributed by atoms with Crippen molar-refractivity contribution in [2.45, 2.75) is 13.3 Å². The Morgan fingerprint density at radius 2 is 1.84 bits per heavy atom. The van der Waals surface area contributed by atoms with E-state index >= 15 is 0 Å². The molecule has 2 nitrogen and oxygen atoms in total. The number of nitrogens with zero attached hydrogens (tertiary/aromatic N) is 1. The molecule has 0 spiro atoms. The summed E-state index contributed by atoms with van der Waals surface area (Å²) in [6.45, 7) is 5.12. The normalized spacial score (nSPS) is 13.1. The number of hydrogen-bond acceptors (Lipinski definition) is 2. The lowest BCUT2D eigenvalue weighted by molar-refractivity contribution is 0.292. The summed E-state index contributed by atoms with van der Waals surface area (Å²) < 4.78 is 0. The number of nitrogens with two attached hydrogens (primary N) is 1. The van der Waals surface area contributed by atoms with Gasteiger partial charge in [0.25, 0.3) is 0 Å². The third-order valence-corrected chi connectivity index (χ3v) is 3.62. The van der Waals surface area contributed by atoms with E-state index < -0.39 is 0 Å². The highest BCUT2D eigenvalue weighted by molar-refractivity contribution is 5.82. The number of fused-ring (bicyclic) bond motifs is 1. The SMILES string of the molecule is CC(CN)CN(C)CCc1ccc2ccccc2c1. The van der Waals surface area contributed by atoms with Crippen molar-refractivity contribution in [3.63, 3.8) is 0 Å². The summed E-state index contributed by atoms with van der Waals surface area (Å²) in [5.74, 6) is 0.571. The van der Waals surface area contributed by atoms with E-state index in [0.29, 0.717) is 5.92 Å². The number of likely N-dealkylation sites (N-methyl/N-ethyl adjacent to an activating group) is 1. The van der Waals surface area contributed by atoms with Crippen molar-refractivity contribution in [3.05, 3.63) is 48.0 Å². The Hall–Kier alpha value is -1.38. The predicted molar refractivity (Wildman–Crippen MR) is 83.4 cm³/mol. The molecule has 0 aliphatic heterocycles. The molecule has 0 saturated heterocycles. The van der Waals surface area contributed by atoms with E-state index in [1.807, 2.05) is 0 Å². The fourth-order valence-corrected chi connectivity index (χ4v) is 2.41. The van der Waals surface area contributed by atoms with Crippen LogP contribution in [-0.2, 0) is 6.42 Å². The number of benzene rings is 2. The van der Waals surface area contributed by atoms with Gasteiger partial charge in [0.1, 0.15) is 0 Å². The molecule has 2 rings (SSSR count). The van der Waals surface area contributed by atoms with Gasteiger partial charge in [-0.2, -0.15) is 0 Å². The Bertz CT molecular complexity index is 521. The van der Waals surface area contributed by atoms with Crippen LogP contribution in [0.2, 0.25) is 0 Å². The highest BCUT2D eigenvalue weighted by Crippen LogP contribution is 2.16. The van der Waals surface area contributed by atoms with Crippen LogP contribution in [0.5, 0.6) is 0 Å². The van der Waals surface area contributed by atoms with E-state index in [2.05, 4.69) is 61.3 Å². The summed E-state index contributed by atoms with van der Waals surface area (Å²) in [6, 6.07) is 15.3.